The third-order valence-corrected chi connectivity index (χ3v) is 7.56. The van der Waals surface area contributed by atoms with Gasteiger partial charge in [-0.25, -0.2) is 4.79 Å². The van der Waals surface area contributed by atoms with E-state index in [1.54, 1.807) is 12.1 Å². The molecule has 3 aromatic rings. The van der Waals surface area contributed by atoms with Crippen molar-refractivity contribution in [1.29, 1.82) is 0 Å². The Morgan fingerprint density at radius 2 is 1.70 bits per heavy atom. The van der Waals surface area contributed by atoms with Gasteiger partial charge >= 0.3 is 5.97 Å². The van der Waals surface area contributed by atoms with Crippen molar-refractivity contribution in [1.82, 2.24) is 10.2 Å². The lowest BCUT2D eigenvalue weighted by molar-refractivity contribution is 0.0626. The second-order valence-corrected chi connectivity index (χ2v) is 9.48. The third kappa shape index (κ3) is 5.12. The molecule has 0 aliphatic carbocycles. The van der Waals surface area contributed by atoms with Crippen LogP contribution in [0.3, 0.4) is 0 Å². The number of amides is 1. The van der Waals surface area contributed by atoms with Crippen LogP contribution in [0.2, 0.25) is 0 Å². The number of alkyl halides is 1. The van der Waals surface area contributed by atoms with Gasteiger partial charge in [0, 0.05) is 11.6 Å². The minimum atomic E-state index is -0.950. The van der Waals surface area contributed by atoms with Gasteiger partial charge in [-0.05, 0) is 73.3 Å². The maximum atomic E-state index is 13.9. The molecule has 0 spiro atoms. The number of aromatic carboxylic acids is 1. The van der Waals surface area contributed by atoms with Crippen molar-refractivity contribution in [3.63, 3.8) is 0 Å². The van der Waals surface area contributed by atoms with Crippen molar-refractivity contribution in [3.05, 3.63) is 95.1 Å². The van der Waals surface area contributed by atoms with Crippen LogP contribution >= 0.6 is 22.6 Å². The Balaban J connectivity index is 1.72. The van der Waals surface area contributed by atoms with Crippen LogP contribution in [0.1, 0.15) is 48.7 Å². The number of carboxylic acid groups (broad SMARTS) is 1. The summed E-state index contributed by atoms with van der Waals surface area (Å²) in [4.78, 5) is 27.5. The number of carboxylic acids is 1. The Labute approximate surface area is 208 Å². The largest absolute Gasteiger partial charge is 0.478 e. The first-order chi connectivity index (χ1) is 16.0. The molecule has 1 saturated heterocycles. The average Bonchev–Trinajstić information content (AvgIpc) is 2.85. The maximum absolute atomic E-state index is 13.9. The van der Waals surface area contributed by atoms with Crippen LogP contribution in [0.4, 0.5) is 0 Å². The monoisotopic (exact) mass is 554 g/mol. The fourth-order valence-electron chi connectivity index (χ4n) is 4.46. The molecule has 5 nitrogen and oxygen atoms in total. The zero-order chi connectivity index (χ0) is 23.4. The highest BCUT2D eigenvalue weighted by atomic mass is 127. The molecule has 1 aliphatic heterocycles. The normalized spacial score (nSPS) is 15.1. The van der Waals surface area contributed by atoms with Crippen LogP contribution in [0.15, 0.2) is 72.8 Å². The molecule has 1 aliphatic rings. The SMILES string of the molecule is Cc1c(C(=O)O)cccc1-c1cccc(C(=O)N(C2CCNCC2)C(I)c2ccccc2)c1. The third-order valence-electron chi connectivity index (χ3n) is 6.24. The van der Waals surface area contributed by atoms with Gasteiger partial charge in [0.1, 0.15) is 4.05 Å². The number of carbonyl (C=O) groups excluding carboxylic acids is 1. The molecule has 6 heteroatoms. The summed E-state index contributed by atoms with van der Waals surface area (Å²) in [5, 5.41) is 12.9. The van der Waals surface area contributed by atoms with E-state index in [1.807, 2.05) is 60.4 Å². The van der Waals surface area contributed by atoms with Gasteiger partial charge in [-0.15, -0.1) is 0 Å². The van der Waals surface area contributed by atoms with Crippen LogP contribution < -0.4 is 5.32 Å². The fraction of sp³-hybridized carbons (Fsp3) is 0.259. The summed E-state index contributed by atoms with van der Waals surface area (Å²) >= 11 is 2.37. The van der Waals surface area contributed by atoms with Crippen LogP contribution in [0.25, 0.3) is 11.1 Å². The Morgan fingerprint density at radius 1 is 1.00 bits per heavy atom. The van der Waals surface area contributed by atoms with Crippen molar-refractivity contribution in [2.75, 3.05) is 13.1 Å². The number of halogens is 1. The van der Waals surface area contributed by atoms with Gasteiger partial charge in [-0.1, -0.05) is 77.2 Å². The highest BCUT2D eigenvalue weighted by molar-refractivity contribution is 14.1. The highest BCUT2D eigenvalue weighted by Crippen LogP contribution is 2.34. The van der Waals surface area contributed by atoms with E-state index in [2.05, 4.69) is 40.0 Å². The summed E-state index contributed by atoms with van der Waals surface area (Å²) in [6.45, 7) is 3.60. The molecule has 4 rings (SSSR count). The summed E-state index contributed by atoms with van der Waals surface area (Å²) in [5.41, 5.74) is 4.36. The minimum absolute atomic E-state index is 0.000884. The molecular weight excluding hydrogens is 527 g/mol. The number of rotatable bonds is 6. The predicted octanol–water partition coefficient (Wildman–Crippen LogP) is 5.69. The van der Waals surface area contributed by atoms with Crippen LogP contribution in [0, 0.1) is 6.92 Å². The molecule has 0 bridgehead atoms. The molecule has 1 unspecified atom stereocenters. The van der Waals surface area contributed by atoms with Crippen molar-refractivity contribution in [3.8, 4) is 11.1 Å². The van der Waals surface area contributed by atoms with Gasteiger partial charge in [-0.3, -0.25) is 4.79 Å². The molecule has 3 aromatic carbocycles. The van der Waals surface area contributed by atoms with Gasteiger partial charge in [0.15, 0.2) is 0 Å². The topological polar surface area (TPSA) is 69.6 Å². The number of nitrogens with one attached hydrogen (secondary N) is 1. The lowest BCUT2D eigenvalue weighted by Crippen LogP contribution is -2.46. The summed E-state index contributed by atoms with van der Waals surface area (Å²) < 4.78 is -0.0832. The number of benzene rings is 3. The quantitative estimate of drug-likeness (QED) is 0.234. The summed E-state index contributed by atoms with van der Waals surface area (Å²) in [6.07, 6.45) is 1.83. The second-order valence-electron chi connectivity index (χ2n) is 8.30. The van der Waals surface area contributed by atoms with E-state index in [0.29, 0.717) is 11.1 Å². The molecule has 1 atom stereocenters. The van der Waals surface area contributed by atoms with E-state index in [4.69, 9.17) is 0 Å². The highest BCUT2D eigenvalue weighted by Gasteiger charge is 2.32. The molecule has 0 aromatic heterocycles. The first-order valence-corrected chi connectivity index (χ1v) is 12.4. The van der Waals surface area contributed by atoms with Crippen molar-refractivity contribution in [2.45, 2.75) is 29.9 Å². The van der Waals surface area contributed by atoms with Crippen LogP contribution in [-0.2, 0) is 0 Å². The van der Waals surface area contributed by atoms with Gasteiger partial charge in [-0.2, -0.15) is 0 Å². The van der Waals surface area contributed by atoms with Crippen LogP contribution in [-0.4, -0.2) is 41.0 Å². The zero-order valence-corrected chi connectivity index (χ0v) is 20.7. The Morgan fingerprint density at radius 3 is 2.39 bits per heavy atom. The lowest BCUT2D eigenvalue weighted by atomic mass is 9.94. The zero-order valence-electron chi connectivity index (χ0n) is 18.5. The first kappa shape index (κ1) is 23.4. The van der Waals surface area contributed by atoms with Crippen molar-refractivity contribution >= 4 is 34.5 Å². The number of nitrogens with zero attached hydrogens (tertiary/aromatic N) is 1. The molecule has 2 N–H and O–H groups in total. The number of hydrogen-bond donors (Lipinski definition) is 2. The number of carbonyl (C=O) groups is 2. The van der Waals surface area contributed by atoms with Gasteiger partial charge in [0.2, 0.25) is 0 Å². The van der Waals surface area contributed by atoms with E-state index < -0.39 is 5.97 Å². The standard InChI is InChI=1S/C27H27IN2O3/c1-18-23(11-6-12-24(18)27(32)33)20-9-5-10-21(17-20)26(31)30(22-13-15-29-16-14-22)25(28)19-7-3-2-4-8-19/h2-12,17,22,25,29H,13-16H2,1H3,(H,32,33). The van der Waals surface area contributed by atoms with Crippen molar-refractivity contribution in [2.24, 2.45) is 0 Å². The molecular formula is C27H27IN2O3. The van der Waals surface area contributed by atoms with E-state index >= 15 is 0 Å². The fourth-order valence-corrected chi connectivity index (χ4v) is 5.58. The molecule has 1 heterocycles. The molecule has 0 saturated carbocycles. The van der Waals surface area contributed by atoms with Gasteiger partial charge in [0.05, 0.1) is 5.56 Å². The lowest BCUT2D eigenvalue weighted by Gasteiger charge is -2.38. The smallest absolute Gasteiger partial charge is 0.335 e. The maximum Gasteiger partial charge on any atom is 0.335 e. The minimum Gasteiger partial charge on any atom is -0.478 e. The number of piperidine rings is 1. The van der Waals surface area contributed by atoms with E-state index in [0.717, 1.165) is 42.6 Å². The van der Waals surface area contributed by atoms with E-state index in [9.17, 15) is 14.7 Å². The Kier molecular flexibility index (Phi) is 7.45. The second kappa shape index (κ2) is 10.5. The van der Waals surface area contributed by atoms with Crippen molar-refractivity contribution < 1.29 is 14.7 Å². The molecule has 0 radical (unpaired) electrons. The number of hydrogen-bond acceptors (Lipinski definition) is 3. The predicted molar refractivity (Wildman–Crippen MR) is 139 cm³/mol. The molecule has 170 valence electrons. The summed E-state index contributed by atoms with van der Waals surface area (Å²) in [6, 6.07) is 23.1. The van der Waals surface area contributed by atoms with Gasteiger partial charge in [0.25, 0.3) is 5.91 Å². The average molecular weight is 554 g/mol. The first-order valence-electron chi connectivity index (χ1n) is 11.1. The Bertz CT molecular complexity index is 1140. The van der Waals surface area contributed by atoms with Crippen LogP contribution in [0.5, 0.6) is 0 Å². The molecule has 1 amide bonds. The van der Waals surface area contributed by atoms with E-state index in [1.165, 1.54) is 0 Å². The van der Waals surface area contributed by atoms with E-state index in [-0.39, 0.29) is 21.6 Å². The molecule has 33 heavy (non-hydrogen) atoms. The molecule has 1 fully saturated rings. The van der Waals surface area contributed by atoms with Gasteiger partial charge < -0.3 is 15.3 Å². The summed E-state index contributed by atoms with van der Waals surface area (Å²) in [5.74, 6) is -0.951. The Hall–Kier alpha value is -2.71. The summed E-state index contributed by atoms with van der Waals surface area (Å²) in [7, 11) is 0.